The molecule has 1 aliphatic heterocycles. The third-order valence-corrected chi connectivity index (χ3v) is 3.27. The molecule has 0 N–H and O–H groups in total. The van der Waals surface area contributed by atoms with Gasteiger partial charge in [0.15, 0.2) is 6.10 Å². The van der Waals surface area contributed by atoms with Gasteiger partial charge in [0.25, 0.3) is 0 Å². The number of methoxy groups -OCH3 is 1. The van der Waals surface area contributed by atoms with E-state index in [4.69, 9.17) is 14.2 Å². The summed E-state index contributed by atoms with van der Waals surface area (Å²) < 4.78 is 16.4. The van der Waals surface area contributed by atoms with Crippen molar-refractivity contribution in [2.45, 2.75) is 25.9 Å². The molecule has 1 unspecified atom stereocenters. The van der Waals surface area contributed by atoms with Gasteiger partial charge in [0, 0.05) is 5.56 Å². The minimum absolute atomic E-state index is 0.357. The molecule has 18 heavy (non-hydrogen) atoms. The summed E-state index contributed by atoms with van der Waals surface area (Å²) in [7, 11) is 1.64. The van der Waals surface area contributed by atoms with E-state index in [0.29, 0.717) is 11.5 Å². The molecule has 1 aromatic carbocycles. The molecular weight excluding hydrogens is 232 g/mol. The Labute approximate surface area is 105 Å². The van der Waals surface area contributed by atoms with Gasteiger partial charge in [-0.25, -0.2) is 4.79 Å². The molecule has 0 fully saturated rings. The zero-order valence-corrected chi connectivity index (χ0v) is 10.4. The summed E-state index contributed by atoms with van der Waals surface area (Å²) in [6, 6.07) is 3.70. The third-order valence-electron chi connectivity index (χ3n) is 3.27. The maximum absolute atomic E-state index is 11.7. The first-order chi connectivity index (χ1) is 8.70. The summed E-state index contributed by atoms with van der Waals surface area (Å²) in [4.78, 5) is 11.7. The second kappa shape index (κ2) is 4.05. The Bertz CT molecular complexity index is 545. The Balaban J connectivity index is 2.21. The summed E-state index contributed by atoms with van der Waals surface area (Å²) in [6.45, 7) is 1.69. The zero-order chi connectivity index (χ0) is 12.7. The largest absolute Gasteiger partial charge is 0.496 e. The quantitative estimate of drug-likeness (QED) is 0.713. The van der Waals surface area contributed by atoms with Crippen LogP contribution in [0.3, 0.4) is 0 Å². The van der Waals surface area contributed by atoms with E-state index in [-0.39, 0.29) is 5.97 Å². The van der Waals surface area contributed by atoms with Crippen LogP contribution in [0.5, 0.6) is 11.5 Å². The van der Waals surface area contributed by atoms with Gasteiger partial charge in [-0.15, -0.1) is 0 Å². The molecule has 1 aliphatic carbocycles. The molecule has 4 nitrogen and oxygen atoms in total. The average Bonchev–Trinajstić information content (AvgIpc) is 2.50. The molecule has 94 valence electrons. The number of hydrogen-bond acceptors (Lipinski definition) is 4. The second-order valence-electron chi connectivity index (χ2n) is 4.41. The van der Waals surface area contributed by atoms with E-state index in [1.165, 1.54) is 0 Å². The fraction of sp³-hybridized carbons (Fsp3) is 0.357. The van der Waals surface area contributed by atoms with E-state index in [1.807, 2.05) is 18.2 Å². The van der Waals surface area contributed by atoms with Crippen LogP contribution in [-0.4, -0.2) is 19.2 Å². The van der Waals surface area contributed by atoms with Gasteiger partial charge in [-0.3, -0.25) is 0 Å². The maximum atomic E-state index is 11.7. The van der Waals surface area contributed by atoms with E-state index in [1.54, 1.807) is 14.0 Å². The number of carbonyl (C=O) groups is 1. The smallest absolute Gasteiger partial charge is 0.352 e. The number of allylic oxidation sites excluding steroid dienone is 1. The Morgan fingerprint density at radius 1 is 1.39 bits per heavy atom. The summed E-state index contributed by atoms with van der Waals surface area (Å²) in [6.07, 6.45) is 3.05. The zero-order valence-electron chi connectivity index (χ0n) is 10.4. The fourth-order valence-electron chi connectivity index (χ4n) is 2.39. The standard InChI is InChI=1S/C14H14O4/c1-8-14(15)18-11-5-3-4-9-10(16-2)6-7-12(17-8)13(9)11/h5-8H,3-4H2,1-2H3. The lowest BCUT2D eigenvalue weighted by Crippen LogP contribution is -2.23. The number of rotatable bonds is 1. The third kappa shape index (κ3) is 1.56. The first-order valence-corrected chi connectivity index (χ1v) is 5.99. The van der Waals surface area contributed by atoms with Crippen LogP contribution in [0.1, 0.15) is 24.5 Å². The summed E-state index contributed by atoms with van der Waals surface area (Å²) in [5, 5.41) is 0. The number of benzene rings is 1. The van der Waals surface area contributed by atoms with Gasteiger partial charge in [-0.05, 0) is 38.0 Å². The first kappa shape index (κ1) is 11.1. The summed E-state index contributed by atoms with van der Waals surface area (Å²) in [5.41, 5.74) is 1.91. The van der Waals surface area contributed by atoms with Crippen LogP contribution < -0.4 is 9.47 Å². The number of esters is 1. The lowest BCUT2D eigenvalue weighted by atomic mass is 9.94. The van der Waals surface area contributed by atoms with Gasteiger partial charge >= 0.3 is 5.97 Å². The van der Waals surface area contributed by atoms with Crippen molar-refractivity contribution in [3.63, 3.8) is 0 Å². The van der Waals surface area contributed by atoms with E-state index in [2.05, 4.69) is 0 Å². The van der Waals surface area contributed by atoms with Crippen LogP contribution in [0.25, 0.3) is 5.76 Å². The van der Waals surface area contributed by atoms with Crippen molar-refractivity contribution in [3.8, 4) is 11.5 Å². The highest BCUT2D eigenvalue weighted by Gasteiger charge is 2.31. The van der Waals surface area contributed by atoms with Gasteiger partial charge in [-0.2, -0.15) is 0 Å². The molecule has 0 amide bonds. The molecule has 2 aliphatic rings. The van der Waals surface area contributed by atoms with Gasteiger partial charge in [-0.1, -0.05) is 0 Å². The molecule has 0 saturated carbocycles. The van der Waals surface area contributed by atoms with Crippen molar-refractivity contribution in [3.05, 3.63) is 29.3 Å². The Hall–Kier alpha value is -1.97. The molecule has 0 spiro atoms. The second-order valence-corrected chi connectivity index (χ2v) is 4.41. The normalized spacial score (nSPS) is 21.1. The molecule has 3 rings (SSSR count). The summed E-state index contributed by atoms with van der Waals surface area (Å²) in [5.74, 6) is 1.74. The predicted molar refractivity (Wildman–Crippen MR) is 65.5 cm³/mol. The van der Waals surface area contributed by atoms with E-state index < -0.39 is 6.10 Å². The molecule has 1 atom stereocenters. The summed E-state index contributed by atoms with van der Waals surface area (Å²) >= 11 is 0. The topological polar surface area (TPSA) is 44.8 Å². The van der Waals surface area contributed by atoms with E-state index in [0.717, 1.165) is 29.7 Å². The minimum Gasteiger partial charge on any atom is -0.496 e. The highest BCUT2D eigenvalue weighted by Crippen LogP contribution is 2.41. The van der Waals surface area contributed by atoms with Crippen molar-refractivity contribution >= 4 is 11.7 Å². The number of hydrogen-bond donors (Lipinski definition) is 0. The molecule has 1 heterocycles. The van der Waals surface area contributed by atoms with Crippen LogP contribution in [0.4, 0.5) is 0 Å². The monoisotopic (exact) mass is 246 g/mol. The SMILES string of the molecule is COc1ccc2c3c1CCC=C3OC(=O)C(C)O2. The van der Waals surface area contributed by atoms with Crippen LogP contribution in [0.15, 0.2) is 18.2 Å². The Morgan fingerprint density at radius 2 is 2.22 bits per heavy atom. The Kier molecular flexibility index (Phi) is 2.51. The highest BCUT2D eigenvalue weighted by molar-refractivity contribution is 5.86. The maximum Gasteiger partial charge on any atom is 0.352 e. The predicted octanol–water partition coefficient (Wildman–Crippen LogP) is 2.31. The molecule has 4 heteroatoms. The highest BCUT2D eigenvalue weighted by atomic mass is 16.6. The average molecular weight is 246 g/mol. The van der Waals surface area contributed by atoms with Crippen LogP contribution in [-0.2, 0) is 16.0 Å². The van der Waals surface area contributed by atoms with Crippen molar-refractivity contribution in [2.24, 2.45) is 0 Å². The van der Waals surface area contributed by atoms with Crippen LogP contribution >= 0.6 is 0 Å². The van der Waals surface area contributed by atoms with E-state index in [9.17, 15) is 4.79 Å². The van der Waals surface area contributed by atoms with Gasteiger partial charge in [0.05, 0.1) is 12.7 Å². The molecular formula is C14H14O4. The lowest BCUT2D eigenvalue weighted by Gasteiger charge is -2.19. The van der Waals surface area contributed by atoms with Gasteiger partial charge in [0.1, 0.15) is 17.3 Å². The molecule has 0 aromatic heterocycles. The molecule has 0 bridgehead atoms. The fourth-order valence-corrected chi connectivity index (χ4v) is 2.39. The van der Waals surface area contributed by atoms with Gasteiger partial charge in [0.2, 0.25) is 0 Å². The minimum atomic E-state index is -0.589. The van der Waals surface area contributed by atoms with Crippen molar-refractivity contribution in [2.75, 3.05) is 7.11 Å². The van der Waals surface area contributed by atoms with E-state index >= 15 is 0 Å². The van der Waals surface area contributed by atoms with Crippen LogP contribution in [0.2, 0.25) is 0 Å². The first-order valence-electron chi connectivity index (χ1n) is 5.99. The Morgan fingerprint density at radius 3 is 3.00 bits per heavy atom. The van der Waals surface area contributed by atoms with Gasteiger partial charge < -0.3 is 14.2 Å². The molecule has 0 saturated heterocycles. The van der Waals surface area contributed by atoms with Crippen LogP contribution in [0, 0.1) is 0 Å². The van der Waals surface area contributed by atoms with Crippen molar-refractivity contribution in [1.82, 2.24) is 0 Å². The molecule has 1 aromatic rings. The van der Waals surface area contributed by atoms with Crippen molar-refractivity contribution < 1.29 is 19.0 Å². The number of ether oxygens (including phenoxy) is 3. The molecule has 0 radical (unpaired) electrons. The van der Waals surface area contributed by atoms with Crippen molar-refractivity contribution in [1.29, 1.82) is 0 Å². The number of carbonyl (C=O) groups excluding carboxylic acids is 1. The lowest BCUT2D eigenvalue weighted by molar-refractivity contribution is -0.143.